The lowest BCUT2D eigenvalue weighted by Crippen LogP contribution is -2.42. The van der Waals surface area contributed by atoms with Crippen molar-refractivity contribution in [1.82, 2.24) is 4.90 Å². The molecular formula is C13H18F2N2. The normalized spacial score (nSPS) is 20.4. The minimum absolute atomic E-state index is 0.0202. The monoisotopic (exact) mass is 240 g/mol. The molecule has 0 bridgehead atoms. The van der Waals surface area contributed by atoms with Crippen LogP contribution in [0.3, 0.4) is 0 Å². The van der Waals surface area contributed by atoms with Gasteiger partial charge in [-0.15, -0.1) is 0 Å². The Bertz CT molecular complexity index is 379. The van der Waals surface area contributed by atoms with Crippen LogP contribution in [0.25, 0.3) is 0 Å². The summed E-state index contributed by atoms with van der Waals surface area (Å²) in [6.07, 6.45) is 0.593. The number of hydrogen-bond acceptors (Lipinski definition) is 2. The molecule has 0 spiro atoms. The van der Waals surface area contributed by atoms with Gasteiger partial charge in [-0.2, -0.15) is 0 Å². The van der Waals surface area contributed by atoms with E-state index in [0.717, 1.165) is 17.7 Å². The molecule has 0 atom stereocenters. The molecule has 94 valence electrons. The van der Waals surface area contributed by atoms with Crippen molar-refractivity contribution in [1.29, 1.82) is 0 Å². The molecule has 1 aromatic rings. The molecule has 1 aliphatic rings. The van der Waals surface area contributed by atoms with Gasteiger partial charge in [0.2, 0.25) is 0 Å². The number of benzene rings is 1. The number of piperidine rings is 1. The highest BCUT2D eigenvalue weighted by Gasteiger charge is 2.34. The lowest BCUT2D eigenvalue weighted by molar-refractivity contribution is -0.0661. The van der Waals surface area contributed by atoms with Crippen molar-refractivity contribution in [2.24, 2.45) is 5.73 Å². The molecular weight excluding hydrogens is 222 g/mol. The van der Waals surface area contributed by atoms with Gasteiger partial charge in [0, 0.05) is 19.5 Å². The van der Waals surface area contributed by atoms with Crippen LogP contribution in [-0.4, -0.2) is 23.9 Å². The Balaban J connectivity index is 2.00. The molecule has 0 aliphatic carbocycles. The van der Waals surface area contributed by atoms with Crippen LogP contribution in [0.2, 0.25) is 0 Å². The van der Waals surface area contributed by atoms with E-state index in [2.05, 4.69) is 0 Å². The summed E-state index contributed by atoms with van der Waals surface area (Å²) in [5, 5.41) is 0. The number of alkyl halides is 2. The first-order valence-electron chi connectivity index (χ1n) is 5.97. The fourth-order valence-electron chi connectivity index (χ4n) is 2.29. The number of nitrogens with zero attached hydrogens (tertiary/aromatic N) is 1. The summed E-state index contributed by atoms with van der Waals surface area (Å²) in [5.74, 6) is -2.52. The van der Waals surface area contributed by atoms with E-state index in [1.165, 1.54) is 0 Å². The van der Waals surface area contributed by atoms with Gasteiger partial charge in [0.05, 0.1) is 6.54 Å². The van der Waals surface area contributed by atoms with Crippen LogP contribution < -0.4 is 5.73 Å². The van der Waals surface area contributed by atoms with Gasteiger partial charge in [0.1, 0.15) is 0 Å². The van der Waals surface area contributed by atoms with E-state index < -0.39 is 5.92 Å². The molecule has 0 aromatic heterocycles. The second kappa shape index (κ2) is 5.10. The van der Waals surface area contributed by atoms with E-state index in [4.69, 9.17) is 5.73 Å². The minimum Gasteiger partial charge on any atom is -0.326 e. The van der Waals surface area contributed by atoms with Crippen LogP contribution >= 0.6 is 0 Å². The van der Waals surface area contributed by atoms with Crippen LogP contribution in [0.15, 0.2) is 24.3 Å². The Kier molecular flexibility index (Phi) is 3.74. The Morgan fingerprint density at radius 1 is 1.29 bits per heavy atom. The highest BCUT2D eigenvalue weighted by molar-refractivity contribution is 5.23. The summed E-state index contributed by atoms with van der Waals surface area (Å²) in [5.41, 5.74) is 7.67. The molecule has 4 heteroatoms. The SMILES string of the molecule is NCc1cccc(CN2CCCC(F)(F)C2)c1. The maximum absolute atomic E-state index is 13.2. The number of hydrogen-bond donors (Lipinski definition) is 1. The number of halogens is 2. The maximum atomic E-state index is 13.2. The van der Waals surface area contributed by atoms with Crippen molar-refractivity contribution in [2.45, 2.75) is 31.9 Å². The van der Waals surface area contributed by atoms with Gasteiger partial charge in [-0.3, -0.25) is 4.90 Å². The molecule has 0 saturated carbocycles. The molecule has 2 nitrogen and oxygen atoms in total. The van der Waals surface area contributed by atoms with Crippen molar-refractivity contribution in [3.05, 3.63) is 35.4 Å². The van der Waals surface area contributed by atoms with Crippen molar-refractivity contribution in [2.75, 3.05) is 13.1 Å². The molecule has 1 aromatic carbocycles. The Hall–Kier alpha value is -1.00. The molecule has 1 fully saturated rings. The molecule has 0 amide bonds. The zero-order chi connectivity index (χ0) is 12.3. The van der Waals surface area contributed by atoms with Gasteiger partial charge < -0.3 is 5.73 Å². The summed E-state index contributed by atoms with van der Waals surface area (Å²) >= 11 is 0. The number of likely N-dealkylation sites (tertiary alicyclic amines) is 1. The maximum Gasteiger partial charge on any atom is 0.260 e. The molecule has 0 unspecified atom stereocenters. The molecule has 1 saturated heterocycles. The van der Waals surface area contributed by atoms with Crippen molar-refractivity contribution >= 4 is 0 Å². The zero-order valence-corrected chi connectivity index (χ0v) is 9.83. The van der Waals surface area contributed by atoms with E-state index in [1.54, 1.807) is 0 Å². The lowest BCUT2D eigenvalue weighted by atomic mass is 10.1. The predicted octanol–water partition coefficient (Wildman–Crippen LogP) is 2.38. The molecule has 1 heterocycles. The first kappa shape index (κ1) is 12.5. The third-order valence-electron chi connectivity index (χ3n) is 3.11. The molecule has 2 N–H and O–H groups in total. The molecule has 0 radical (unpaired) electrons. The third-order valence-corrected chi connectivity index (χ3v) is 3.11. The number of nitrogens with two attached hydrogens (primary N) is 1. The summed E-state index contributed by atoms with van der Waals surface area (Å²) in [7, 11) is 0. The average molecular weight is 240 g/mol. The Morgan fingerprint density at radius 3 is 2.76 bits per heavy atom. The Morgan fingerprint density at radius 2 is 2.06 bits per heavy atom. The van der Waals surface area contributed by atoms with Crippen molar-refractivity contribution in [3.63, 3.8) is 0 Å². The van der Waals surface area contributed by atoms with Crippen LogP contribution in [0, 0.1) is 0 Å². The van der Waals surface area contributed by atoms with Gasteiger partial charge >= 0.3 is 0 Å². The fraction of sp³-hybridized carbons (Fsp3) is 0.538. The molecule has 17 heavy (non-hydrogen) atoms. The minimum atomic E-state index is -2.52. The van der Waals surface area contributed by atoms with Gasteiger partial charge in [-0.25, -0.2) is 8.78 Å². The van der Waals surface area contributed by atoms with E-state index in [-0.39, 0.29) is 13.0 Å². The first-order valence-corrected chi connectivity index (χ1v) is 5.97. The van der Waals surface area contributed by atoms with E-state index >= 15 is 0 Å². The zero-order valence-electron chi connectivity index (χ0n) is 9.83. The van der Waals surface area contributed by atoms with Gasteiger partial charge in [-0.1, -0.05) is 24.3 Å². The summed E-state index contributed by atoms with van der Waals surface area (Å²) < 4.78 is 26.5. The first-order chi connectivity index (χ1) is 8.09. The van der Waals surface area contributed by atoms with E-state index in [1.807, 2.05) is 29.2 Å². The topological polar surface area (TPSA) is 29.3 Å². The van der Waals surface area contributed by atoms with Gasteiger partial charge in [0.15, 0.2) is 0 Å². The third kappa shape index (κ3) is 3.48. The highest BCUT2D eigenvalue weighted by atomic mass is 19.3. The van der Waals surface area contributed by atoms with Gasteiger partial charge in [-0.05, 0) is 24.1 Å². The summed E-state index contributed by atoms with van der Waals surface area (Å²) in [4.78, 5) is 1.82. The summed E-state index contributed by atoms with van der Waals surface area (Å²) in [6.45, 7) is 1.70. The summed E-state index contributed by atoms with van der Waals surface area (Å²) in [6, 6.07) is 7.84. The number of rotatable bonds is 3. The van der Waals surface area contributed by atoms with Crippen LogP contribution in [0.4, 0.5) is 8.78 Å². The Labute approximate surface area is 100 Å². The van der Waals surface area contributed by atoms with Crippen LogP contribution in [-0.2, 0) is 13.1 Å². The van der Waals surface area contributed by atoms with Crippen LogP contribution in [0.1, 0.15) is 24.0 Å². The van der Waals surface area contributed by atoms with Crippen molar-refractivity contribution in [3.8, 4) is 0 Å². The second-order valence-electron chi connectivity index (χ2n) is 4.69. The standard InChI is InChI=1S/C13H18F2N2/c14-13(15)5-2-6-17(10-13)9-12-4-1-3-11(7-12)8-16/h1,3-4,7H,2,5-6,8-10,16H2. The molecule has 2 rings (SSSR count). The molecule has 1 aliphatic heterocycles. The van der Waals surface area contributed by atoms with E-state index in [0.29, 0.717) is 19.5 Å². The predicted molar refractivity (Wildman–Crippen MR) is 63.8 cm³/mol. The van der Waals surface area contributed by atoms with E-state index in [9.17, 15) is 8.78 Å². The lowest BCUT2D eigenvalue weighted by Gasteiger charge is -2.32. The van der Waals surface area contributed by atoms with Crippen LogP contribution in [0.5, 0.6) is 0 Å². The van der Waals surface area contributed by atoms with Gasteiger partial charge in [0.25, 0.3) is 5.92 Å². The fourth-order valence-corrected chi connectivity index (χ4v) is 2.29. The smallest absolute Gasteiger partial charge is 0.260 e. The second-order valence-corrected chi connectivity index (χ2v) is 4.69. The van der Waals surface area contributed by atoms with Crippen molar-refractivity contribution < 1.29 is 8.78 Å². The quantitative estimate of drug-likeness (QED) is 0.879. The average Bonchev–Trinajstić information content (AvgIpc) is 2.28. The highest BCUT2D eigenvalue weighted by Crippen LogP contribution is 2.27. The largest absolute Gasteiger partial charge is 0.326 e.